The van der Waals surface area contributed by atoms with Gasteiger partial charge >= 0.3 is 0 Å². The van der Waals surface area contributed by atoms with Crippen molar-refractivity contribution in [3.8, 4) is 22.9 Å². The van der Waals surface area contributed by atoms with Crippen LogP contribution in [0.4, 0.5) is 0 Å². The standard InChI is InChI=1S/C19H24N2O3/c1-22-16-7-5-6-15(17(16)23-2)18-20-10-11-21(18)14-12-19(24-13-14)8-3-4-9-19/h5-7,10-11,14H,3-4,8-9,12-13H2,1-2H3. The lowest BCUT2D eigenvalue weighted by atomic mass is 9.96. The van der Waals surface area contributed by atoms with Crippen molar-refractivity contribution in [1.82, 2.24) is 9.55 Å². The molecule has 1 saturated heterocycles. The maximum absolute atomic E-state index is 6.23. The second-order valence-electron chi connectivity index (χ2n) is 6.76. The van der Waals surface area contributed by atoms with Gasteiger partial charge in [-0.3, -0.25) is 0 Å². The first kappa shape index (κ1) is 15.5. The zero-order valence-electron chi connectivity index (χ0n) is 14.3. The van der Waals surface area contributed by atoms with Crippen LogP contribution in [0.5, 0.6) is 11.5 Å². The number of hydrogen-bond acceptors (Lipinski definition) is 4. The summed E-state index contributed by atoms with van der Waals surface area (Å²) in [6, 6.07) is 6.24. The molecule has 2 fully saturated rings. The molecule has 1 unspecified atom stereocenters. The summed E-state index contributed by atoms with van der Waals surface area (Å²) in [5, 5.41) is 0. The summed E-state index contributed by atoms with van der Waals surface area (Å²) < 4.78 is 19.5. The molecule has 2 aliphatic rings. The Labute approximate surface area is 142 Å². The third-order valence-corrected chi connectivity index (χ3v) is 5.41. The van der Waals surface area contributed by atoms with E-state index in [-0.39, 0.29) is 5.60 Å². The van der Waals surface area contributed by atoms with E-state index in [0.29, 0.717) is 6.04 Å². The zero-order valence-corrected chi connectivity index (χ0v) is 14.3. The number of imidazole rings is 1. The van der Waals surface area contributed by atoms with E-state index in [1.807, 2.05) is 24.4 Å². The largest absolute Gasteiger partial charge is 0.493 e. The lowest BCUT2D eigenvalue weighted by Gasteiger charge is -2.22. The average molecular weight is 328 g/mol. The Morgan fingerprint density at radius 3 is 2.79 bits per heavy atom. The van der Waals surface area contributed by atoms with Crippen LogP contribution in [-0.4, -0.2) is 36.0 Å². The average Bonchev–Trinajstić information content (AvgIpc) is 3.35. The van der Waals surface area contributed by atoms with E-state index in [1.165, 1.54) is 25.7 Å². The fraction of sp³-hybridized carbons (Fsp3) is 0.526. The highest BCUT2D eigenvalue weighted by Crippen LogP contribution is 2.46. The van der Waals surface area contributed by atoms with Gasteiger partial charge < -0.3 is 18.8 Å². The van der Waals surface area contributed by atoms with Crippen LogP contribution in [0, 0.1) is 0 Å². The van der Waals surface area contributed by atoms with Gasteiger partial charge in [0, 0.05) is 12.4 Å². The van der Waals surface area contributed by atoms with Crippen molar-refractivity contribution in [2.75, 3.05) is 20.8 Å². The summed E-state index contributed by atoms with van der Waals surface area (Å²) in [6.07, 6.45) is 9.93. The number of rotatable bonds is 4. The Hall–Kier alpha value is -2.01. The summed E-state index contributed by atoms with van der Waals surface area (Å²) in [5.74, 6) is 2.36. The number of nitrogens with zero attached hydrogens (tertiary/aromatic N) is 2. The molecule has 0 N–H and O–H groups in total. The van der Waals surface area contributed by atoms with Gasteiger partial charge in [-0.2, -0.15) is 0 Å². The Morgan fingerprint density at radius 1 is 1.21 bits per heavy atom. The molecule has 1 saturated carbocycles. The predicted octanol–water partition coefficient (Wildman–Crippen LogP) is 3.84. The molecule has 0 bridgehead atoms. The highest BCUT2D eigenvalue weighted by Gasteiger charge is 2.43. The van der Waals surface area contributed by atoms with Crippen molar-refractivity contribution in [2.45, 2.75) is 43.7 Å². The monoisotopic (exact) mass is 328 g/mol. The molecule has 128 valence electrons. The summed E-state index contributed by atoms with van der Waals surface area (Å²) in [7, 11) is 3.32. The number of benzene rings is 1. The molecule has 5 heteroatoms. The first-order valence-electron chi connectivity index (χ1n) is 8.64. The van der Waals surface area contributed by atoms with Crippen LogP contribution in [0.2, 0.25) is 0 Å². The smallest absolute Gasteiger partial charge is 0.171 e. The van der Waals surface area contributed by atoms with Gasteiger partial charge in [-0.25, -0.2) is 4.98 Å². The van der Waals surface area contributed by atoms with Crippen LogP contribution in [0.15, 0.2) is 30.6 Å². The molecule has 2 aromatic rings. The van der Waals surface area contributed by atoms with E-state index in [2.05, 4.69) is 15.7 Å². The van der Waals surface area contributed by atoms with Gasteiger partial charge in [-0.05, 0) is 31.4 Å². The van der Waals surface area contributed by atoms with Crippen molar-refractivity contribution >= 4 is 0 Å². The first-order chi connectivity index (χ1) is 11.8. The molecule has 1 aromatic carbocycles. The maximum Gasteiger partial charge on any atom is 0.171 e. The zero-order chi connectivity index (χ0) is 16.6. The molecule has 0 radical (unpaired) electrons. The van der Waals surface area contributed by atoms with E-state index in [4.69, 9.17) is 14.2 Å². The first-order valence-corrected chi connectivity index (χ1v) is 8.64. The molecule has 1 aliphatic heterocycles. The molecule has 24 heavy (non-hydrogen) atoms. The molecule has 5 nitrogen and oxygen atoms in total. The minimum atomic E-state index is 0.102. The fourth-order valence-electron chi connectivity index (χ4n) is 4.25. The number of aromatic nitrogens is 2. The minimum absolute atomic E-state index is 0.102. The lowest BCUT2D eigenvalue weighted by molar-refractivity contribution is 0.00960. The predicted molar refractivity (Wildman–Crippen MR) is 91.6 cm³/mol. The van der Waals surface area contributed by atoms with Gasteiger partial charge in [-0.15, -0.1) is 0 Å². The van der Waals surface area contributed by atoms with Crippen LogP contribution in [-0.2, 0) is 4.74 Å². The van der Waals surface area contributed by atoms with Crippen LogP contribution in [0.3, 0.4) is 0 Å². The molecule has 1 atom stereocenters. The quantitative estimate of drug-likeness (QED) is 0.855. The Bertz CT molecular complexity index is 719. The molecule has 1 aromatic heterocycles. The van der Waals surface area contributed by atoms with E-state index >= 15 is 0 Å². The third-order valence-electron chi connectivity index (χ3n) is 5.41. The highest BCUT2D eigenvalue weighted by molar-refractivity contribution is 5.69. The fourth-order valence-corrected chi connectivity index (χ4v) is 4.25. The normalized spacial score (nSPS) is 22.2. The van der Waals surface area contributed by atoms with Crippen molar-refractivity contribution < 1.29 is 14.2 Å². The van der Waals surface area contributed by atoms with Crippen LogP contribution < -0.4 is 9.47 Å². The van der Waals surface area contributed by atoms with Crippen molar-refractivity contribution in [3.05, 3.63) is 30.6 Å². The second-order valence-corrected chi connectivity index (χ2v) is 6.76. The van der Waals surface area contributed by atoms with Crippen LogP contribution in [0.25, 0.3) is 11.4 Å². The Kier molecular flexibility index (Phi) is 3.96. The topological polar surface area (TPSA) is 45.5 Å². The summed E-state index contributed by atoms with van der Waals surface area (Å²) in [6.45, 7) is 0.760. The molecule has 2 heterocycles. The Balaban J connectivity index is 1.69. The van der Waals surface area contributed by atoms with Crippen molar-refractivity contribution in [1.29, 1.82) is 0 Å². The van der Waals surface area contributed by atoms with Crippen LogP contribution in [0.1, 0.15) is 38.1 Å². The minimum Gasteiger partial charge on any atom is -0.493 e. The summed E-state index contributed by atoms with van der Waals surface area (Å²) >= 11 is 0. The molecular formula is C19H24N2O3. The van der Waals surface area contributed by atoms with Gasteiger partial charge in [0.1, 0.15) is 5.82 Å². The Morgan fingerprint density at radius 2 is 2.04 bits per heavy atom. The molecular weight excluding hydrogens is 304 g/mol. The van der Waals surface area contributed by atoms with Gasteiger partial charge in [0.25, 0.3) is 0 Å². The highest BCUT2D eigenvalue weighted by atomic mass is 16.5. The van der Waals surface area contributed by atoms with Gasteiger partial charge in [0.15, 0.2) is 11.5 Å². The number of hydrogen-bond donors (Lipinski definition) is 0. The second kappa shape index (κ2) is 6.13. The third kappa shape index (κ3) is 2.47. The van der Waals surface area contributed by atoms with Gasteiger partial charge in [0.05, 0.1) is 38.0 Å². The van der Waals surface area contributed by atoms with E-state index in [0.717, 1.165) is 35.9 Å². The van der Waals surface area contributed by atoms with Gasteiger partial charge in [0.2, 0.25) is 0 Å². The van der Waals surface area contributed by atoms with Crippen molar-refractivity contribution in [3.63, 3.8) is 0 Å². The molecule has 1 spiro atoms. The number of para-hydroxylation sites is 1. The number of methoxy groups -OCH3 is 2. The summed E-state index contributed by atoms with van der Waals surface area (Å²) in [4.78, 5) is 4.60. The molecule has 1 aliphatic carbocycles. The SMILES string of the molecule is COc1cccc(-c2nccn2C2COC3(CCCC3)C2)c1OC. The van der Waals surface area contributed by atoms with Crippen molar-refractivity contribution in [2.24, 2.45) is 0 Å². The lowest BCUT2D eigenvalue weighted by Crippen LogP contribution is -2.23. The van der Waals surface area contributed by atoms with E-state index in [1.54, 1.807) is 14.2 Å². The van der Waals surface area contributed by atoms with E-state index < -0.39 is 0 Å². The molecule has 0 amide bonds. The molecule has 4 rings (SSSR count). The maximum atomic E-state index is 6.23. The summed E-state index contributed by atoms with van der Waals surface area (Å²) in [5.41, 5.74) is 1.05. The number of ether oxygens (including phenoxy) is 3. The van der Waals surface area contributed by atoms with Crippen LogP contribution >= 0.6 is 0 Å². The van der Waals surface area contributed by atoms with E-state index in [9.17, 15) is 0 Å². The van der Waals surface area contributed by atoms with Gasteiger partial charge in [-0.1, -0.05) is 18.9 Å².